The lowest BCUT2D eigenvalue weighted by atomic mass is 10.3. The molecule has 2 N–H and O–H groups in total. The number of aromatic nitrogens is 2. The average Bonchev–Trinajstić information content (AvgIpc) is 2.23. The maximum atomic E-state index is 11.2. The quantitative estimate of drug-likeness (QED) is 0.560. The second-order valence-corrected chi connectivity index (χ2v) is 3.17. The molecular formula is C11H15N3O. The fourth-order valence-corrected chi connectivity index (χ4v) is 1.17. The predicted octanol–water partition coefficient (Wildman–Crippen LogP) is 1.16. The number of nitrogens with one attached hydrogen (secondary N) is 2. The van der Waals surface area contributed by atoms with Crippen molar-refractivity contribution in [3.05, 3.63) is 22.2 Å². The lowest BCUT2D eigenvalue weighted by Crippen LogP contribution is -2.13. The van der Waals surface area contributed by atoms with E-state index in [9.17, 15) is 4.79 Å². The van der Waals surface area contributed by atoms with Crippen LogP contribution in [0.1, 0.15) is 25.6 Å². The minimum Gasteiger partial charge on any atom is -0.370 e. The van der Waals surface area contributed by atoms with Gasteiger partial charge in [-0.25, -0.2) is 4.98 Å². The average molecular weight is 205 g/mol. The standard InChI is InChI=1S/C11H15N3O/c1-3-5-6-7-12-10-8-11(15)14-9(4-2)13-10/h1,8H,4-7H2,2H3,(H2,12,13,14,15). The third-order valence-electron chi connectivity index (χ3n) is 1.93. The molecule has 1 heterocycles. The molecule has 0 aliphatic heterocycles. The van der Waals surface area contributed by atoms with Crippen LogP contribution in [0, 0.1) is 12.3 Å². The van der Waals surface area contributed by atoms with Crippen LogP contribution < -0.4 is 10.9 Å². The van der Waals surface area contributed by atoms with Gasteiger partial charge in [0.1, 0.15) is 11.6 Å². The van der Waals surface area contributed by atoms with E-state index in [0.29, 0.717) is 11.6 Å². The summed E-state index contributed by atoms with van der Waals surface area (Å²) in [6.07, 6.45) is 7.46. The normalized spacial score (nSPS) is 9.60. The van der Waals surface area contributed by atoms with Gasteiger partial charge >= 0.3 is 0 Å². The highest BCUT2D eigenvalue weighted by Crippen LogP contribution is 1.99. The summed E-state index contributed by atoms with van der Waals surface area (Å²) in [5.74, 6) is 3.87. The summed E-state index contributed by atoms with van der Waals surface area (Å²) in [4.78, 5) is 18.1. The molecular weight excluding hydrogens is 190 g/mol. The molecule has 0 aliphatic rings. The number of H-pyrrole nitrogens is 1. The largest absolute Gasteiger partial charge is 0.370 e. The highest BCUT2D eigenvalue weighted by Gasteiger charge is 1.98. The van der Waals surface area contributed by atoms with Crippen LogP contribution in [-0.2, 0) is 6.42 Å². The molecule has 0 radical (unpaired) electrons. The van der Waals surface area contributed by atoms with E-state index in [1.54, 1.807) is 0 Å². The van der Waals surface area contributed by atoms with Gasteiger partial charge in [0.05, 0.1) is 0 Å². The van der Waals surface area contributed by atoms with Crippen molar-refractivity contribution >= 4 is 5.82 Å². The summed E-state index contributed by atoms with van der Waals surface area (Å²) >= 11 is 0. The first kappa shape index (κ1) is 11.3. The van der Waals surface area contributed by atoms with E-state index < -0.39 is 0 Å². The summed E-state index contributed by atoms with van der Waals surface area (Å²) in [6, 6.07) is 1.45. The lowest BCUT2D eigenvalue weighted by molar-refractivity contribution is 0.878. The van der Waals surface area contributed by atoms with Gasteiger partial charge in [-0.1, -0.05) is 6.92 Å². The summed E-state index contributed by atoms with van der Waals surface area (Å²) in [6.45, 7) is 2.68. The van der Waals surface area contributed by atoms with Crippen molar-refractivity contribution in [2.24, 2.45) is 0 Å². The van der Waals surface area contributed by atoms with Crippen LogP contribution >= 0.6 is 0 Å². The zero-order valence-corrected chi connectivity index (χ0v) is 8.84. The maximum absolute atomic E-state index is 11.2. The highest BCUT2D eigenvalue weighted by molar-refractivity contribution is 5.32. The highest BCUT2D eigenvalue weighted by atomic mass is 16.1. The van der Waals surface area contributed by atoms with Crippen molar-refractivity contribution in [3.8, 4) is 12.3 Å². The Labute approximate surface area is 89.1 Å². The van der Waals surface area contributed by atoms with Gasteiger partial charge < -0.3 is 10.3 Å². The molecule has 1 rings (SSSR count). The van der Waals surface area contributed by atoms with Crippen LogP contribution in [0.3, 0.4) is 0 Å². The van der Waals surface area contributed by atoms with Gasteiger partial charge in [-0.15, -0.1) is 12.3 Å². The minimum absolute atomic E-state index is 0.124. The Morgan fingerprint density at radius 2 is 2.47 bits per heavy atom. The van der Waals surface area contributed by atoms with Crippen molar-refractivity contribution < 1.29 is 0 Å². The number of hydrogen-bond donors (Lipinski definition) is 2. The van der Waals surface area contributed by atoms with Gasteiger partial charge in [0, 0.05) is 25.5 Å². The number of nitrogens with zero attached hydrogens (tertiary/aromatic N) is 1. The van der Waals surface area contributed by atoms with Crippen molar-refractivity contribution in [2.45, 2.75) is 26.2 Å². The van der Waals surface area contributed by atoms with E-state index in [4.69, 9.17) is 6.42 Å². The fourth-order valence-electron chi connectivity index (χ4n) is 1.17. The molecule has 0 amide bonds. The smallest absolute Gasteiger partial charge is 0.252 e. The molecule has 1 aromatic rings. The van der Waals surface area contributed by atoms with Crippen LogP contribution in [0.15, 0.2) is 10.9 Å². The van der Waals surface area contributed by atoms with Crippen LogP contribution in [0.25, 0.3) is 0 Å². The molecule has 0 unspecified atom stereocenters. The van der Waals surface area contributed by atoms with Gasteiger partial charge in [-0.3, -0.25) is 4.79 Å². The number of hydrogen-bond acceptors (Lipinski definition) is 3. The summed E-state index contributed by atoms with van der Waals surface area (Å²) in [7, 11) is 0. The Balaban J connectivity index is 2.57. The first-order chi connectivity index (χ1) is 7.26. The summed E-state index contributed by atoms with van der Waals surface area (Å²) in [5.41, 5.74) is -0.124. The van der Waals surface area contributed by atoms with Crippen molar-refractivity contribution in [1.29, 1.82) is 0 Å². The molecule has 4 heteroatoms. The Hall–Kier alpha value is -1.76. The van der Waals surface area contributed by atoms with Crippen molar-refractivity contribution in [3.63, 3.8) is 0 Å². The van der Waals surface area contributed by atoms with E-state index in [1.807, 2.05) is 6.92 Å². The first-order valence-corrected chi connectivity index (χ1v) is 5.04. The topological polar surface area (TPSA) is 57.8 Å². The van der Waals surface area contributed by atoms with Gasteiger partial charge in [0.25, 0.3) is 5.56 Å². The molecule has 1 aromatic heterocycles. The van der Waals surface area contributed by atoms with Gasteiger partial charge in [-0.05, 0) is 6.42 Å². The Morgan fingerprint density at radius 3 is 3.13 bits per heavy atom. The van der Waals surface area contributed by atoms with Crippen LogP contribution in [0.4, 0.5) is 5.82 Å². The Bertz CT molecular complexity index is 403. The summed E-state index contributed by atoms with van der Waals surface area (Å²) < 4.78 is 0. The Kier molecular flexibility index (Phi) is 4.42. The first-order valence-electron chi connectivity index (χ1n) is 5.04. The minimum atomic E-state index is -0.124. The van der Waals surface area contributed by atoms with E-state index >= 15 is 0 Å². The van der Waals surface area contributed by atoms with E-state index in [1.165, 1.54) is 6.07 Å². The molecule has 0 atom stereocenters. The van der Waals surface area contributed by atoms with Gasteiger partial charge in [0.2, 0.25) is 0 Å². The lowest BCUT2D eigenvalue weighted by Gasteiger charge is -2.04. The van der Waals surface area contributed by atoms with E-state index in [-0.39, 0.29) is 5.56 Å². The monoisotopic (exact) mass is 205 g/mol. The molecule has 0 aliphatic carbocycles. The molecule has 0 aromatic carbocycles. The third kappa shape index (κ3) is 3.86. The number of unbranched alkanes of at least 4 members (excludes halogenated alkanes) is 1. The number of terminal acetylenes is 1. The molecule has 0 saturated heterocycles. The second-order valence-electron chi connectivity index (χ2n) is 3.17. The molecule has 0 fully saturated rings. The Morgan fingerprint density at radius 1 is 1.67 bits per heavy atom. The van der Waals surface area contributed by atoms with Crippen molar-refractivity contribution in [2.75, 3.05) is 11.9 Å². The van der Waals surface area contributed by atoms with Gasteiger partial charge in [-0.2, -0.15) is 0 Å². The molecule has 0 saturated carbocycles. The number of aryl methyl sites for hydroxylation is 1. The molecule has 80 valence electrons. The molecule has 4 nitrogen and oxygen atoms in total. The number of rotatable bonds is 5. The zero-order valence-electron chi connectivity index (χ0n) is 8.84. The second kappa shape index (κ2) is 5.86. The SMILES string of the molecule is C#CCCCNc1cc(=O)[nH]c(CC)n1. The third-order valence-corrected chi connectivity index (χ3v) is 1.93. The van der Waals surface area contributed by atoms with E-state index in [2.05, 4.69) is 21.2 Å². The van der Waals surface area contributed by atoms with Gasteiger partial charge in [0.15, 0.2) is 0 Å². The predicted molar refractivity (Wildman–Crippen MR) is 60.8 cm³/mol. The molecule has 15 heavy (non-hydrogen) atoms. The van der Waals surface area contributed by atoms with Crippen molar-refractivity contribution in [1.82, 2.24) is 9.97 Å². The van der Waals surface area contributed by atoms with E-state index in [0.717, 1.165) is 25.8 Å². The van der Waals surface area contributed by atoms with Crippen LogP contribution in [-0.4, -0.2) is 16.5 Å². The zero-order chi connectivity index (χ0) is 11.1. The molecule has 0 bridgehead atoms. The summed E-state index contributed by atoms with van der Waals surface area (Å²) in [5, 5.41) is 3.07. The van der Waals surface area contributed by atoms with Crippen LogP contribution in [0.5, 0.6) is 0 Å². The number of aromatic amines is 1. The van der Waals surface area contributed by atoms with Crippen LogP contribution in [0.2, 0.25) is 0 Å². The maximum Gasteiger partial charge on any atom is 0.252 e. The number of anilines is 1. The molecule has 0 spiro atoms. The fraction of sp³-hybridized carbons (Fsp3) is 0.455.